The molecule has 0 bridgehead atoms. The third kappa shape index (κ3) is 5.71. The van der Waals surface area contributed by atoms with E-state index in [0.29, 0.717) is 18.7 Å². The fraction of sp³-hybridized carbons (Fsp3) is 0.647. The number of hydrogen-bond acceptors (Lipinski definition) is 5. The second-order valence-electron chi connectivity index (χ2n) is 6.77. The Kier molecular flexibility index (Phi) is 8.93. The van der Waals surface area contributed by atoms with Crippen LogP contribution in [-0.2, 0) is 0 Å². The number of nitrogens with one attached hydrogen (secondary N) is 2. The minimum atomic E-state index is -0.378. The molecule has 2 aliphatic rings. The second kappa shape index (κ2) is 10.2. The maximum Gasteiger partial charge on any atom is 0.252 e. The fourth-order valence-electron chi connectivity index (χ4n) is 3.20. The molecule has 0 saturated carbocycles. The van der Waals surface area contributed by atoms with Crippen molar-refractivity contribution in [3.63, 3.8) is 0 Å². The maximum absolute atomic E-state index is 12.2. The summed E-state index contributed by atoms with van der Waals surface area (Å²) in [5, 5.41) is 15.7. The Bertz CT molecular complexity index is 536. The highest BCUT2D eigenvalue weighted by Gasteiger charge is 2.25. The molecule has 1 aromatic heterocycles. The standard InChI is InChI=1S/C17H26N4O2.2ClH/c1-12-4-6-21(7-5-12)16-3-2-13(9-19-16)17(23)20-10-14-8-18-11-15(14)22;;/h2-3,9,12,14-15,18,22H,4-8,10-11H2,1H3,(H,20,23);2*1H. The first kappa shape index (κ1) is 22.0. The summed E-state index contributed by atoms with van der Waals surface area (Å²) in [5.74, 6) is 1.69. The van der Waals surface area contributed by atoms with Crippen LogP contribution in [0.1, 0.15) is 30.1 Å². The van der Waals surface area contributed by atoms with Crippen LogP contribution in [0.5, 0.6) is 0 Å². The minimum absolute atomic E-state index is 0. The van der Waals surface area contributed by atoms with E-state index >= 15 is 0 Å². The molecular formula is C17H28Cl2N4O2. The monoisotopic (exact) mass is 390 g/mol. The summed E-state index contributed by atoms with van der Waals surface area (Å²) in [6.45, 7) is 6.18. The average Bonchev–Trinajstić information content (AvgIpc) is 2.99. The van der Waals surface area contributed by atoms with Crippen molar-refractivity contribution in [2.75, 3.05) is 37.6 Å². The van der Waals surface area contributed by atoms with Gasteiger partial charge in [0.15, 0.2) is 0 Å². The van der Waals surface area contributed by atoms with Crippen LogP contribution in [0, 0.1) is 11.8 Å². The van der Waals surface area contributed by atoms with Crippen molar-refractivity contribution in [3.8, 4) is 0 Å². The molecule has 25 heavy (non-hydrogen) atoms. The Morgan fingerprint density at radius 1 is 1.32 bits per heavy atom. The molecule has 2 unspecified atom stereocenters. The number of halogens is 2. The zero-order chi connectivity index (χ0) is 16.2. The molecular weight excluding hydrogens is 363 g/mol. The number of carbonyl (C=O) groups is 1. The molecule has 1 amide bonds. The number of aliphatic hydroxyl groups excluding tert-OH is 1. The number of amides is 1. The van der Waals surface area contributed by atoms with Crippen LogP contribution in [0.25, 0.3) is 0 Å². The highest BCUT2D eigenvalue weighted by atomic mass is 35.5. The number of pyridine rings is 1. The molecule has 0 radical (unpaired) electrons. The van der Waals surface area contributed by atoms with Gasteiger partial charge >= 0.3 is 0 Å². The number of hydrogen-bond donors (Lipinski definition) is 3. The van der Waals surface area contributed by atoms with Crippen molar-refractivity contribution >= 4 is 36.5 Å². The molecule has 3 heterocycles. The summed E-state index contributed by atoms with van der Waals surface area (Å²) in [6, 6.07) is 3.76. The van der Waals surface area contributed by atoms with Gasteiger partial charge in [-0.25, -0.2) is 4.98 Å². The lowest BCUT2D eigenvalue weighted by Gasteiger charge is -2.31. The first-order valence-electron chi connectivity index (χ1n) is 8.51. The third-order valence-electron chi connectivity index (χ3n) is 4.95. The van der Waals surface area contributed by atoms with Crippen LogP contribution in [0.15, 0.2) is 18.3 Å². The number of piperidine rings is 1. The number of rotatable bonds is 4. The molecule has 6 nitrogen and oxygen atoms in total. The molecule has 0 spiro atoms. The first-order valence-corrected chi connectivity index (χ1v) is 8.51. The summed E-state index contributed by atoms with van der Waals surface area (Å²) in [7, 11) is 0. The van der Waals surface area contributed by atoms with E-state index in [1.807, 2.05) is 12.1 Å². The van der Waals surface area contributed by atoms with E-state index in [1.165, 1.54) is 12.8 Å². The topological polar surface area (TPSA) is 77.5 Å². The average molecular weight is 391 g/mol. The van der Waals surface area contributed by atoms with Crippen molar-refractivity contribution in [2.45, 2.75) is 25.9 Å². The molecule has 1 aromatic rings. The smallest absolute Gasteiger partial charge is 0.252 e. The van der Waals surface area contributed by atoms with Crippen LogP contribution < -0.4 is 15.5 Å². The van der Waals surface area contributed by atoms with Gasteiger partial charge in [-0.2, -0.15) is 0 Å². The lowest BCUT2D eigenvalue weighted by Crippen LogP contribution is -2.35. The molecule has 2 atom stereocenters. The van der Waals surface area contributed by atoms with Gasteiger partial charge < -0.3 is 20.6 Å². The molecule has 0 aliphatic carbocycles. The molecule has 8 heteroatoms. The molecule has 142 valence electrons. The zero-order valence-corrected chi connectivity index (χ0v) is 16.1. The van der Waals surface area contributed by atoms with Gasteiger partial charge in [-0.15, -0.1) is 24.8 Å². The van der Waals surface area contributed by atoms with E-state index in [2.05, 4.69) is 27.4 Å². The van der Waals surface area contributed by atoms with Gasteiger partial charge in [0, 0.05) is 44.8 Å². The van der Waals surface area contributed by atoms with Crippen molar-refractivity contribution in [2.24, 2.45) is 11.8 Å². The number of anilines is 1. The first-order chi connectivity index (χ1) is 11.1. The Labute approximate surface area is 161 Å². The lowest BCUT2D eigenvalue weighted by atomic mass is 9.99. The number of aromatic nitrogens is 1. The Balaban J connectivity index is 0.00000156. The number of aliphatic hydroxyl groups is 1. The SMILES string of the molecule is CC1CCN(c2ccc(C(=O)NCC3CNCC3O)cn2)CC1.Cl.Cl. The van der Waals surface area contributed by atoms with Crippen molar-refractivity contribution < 1.29 is 9.90 Å². The highest BCUT2D eigenvalue weighted by Crippen LogP contribution is 2.21. The summed E-state index contributed by atoms with van der Waals surface area (Å²) < 4.78 is 0. The molecule has 0 aromatic carbocycles. The van der Waals surface area contributed by atoms with Crippen molar-refractivity contribution in [3.05, 3.63) is 23.9 Å². The van der Waals surface area contributed by atoms with E-state index < -0.39 is 0 Å². The van der Waals surface area contributed by atoms with Crippen LogP contribution >= 0.6 is 24.8 Å². The summed E-state index contributed by atoms with van der Waals surface area (Å²) in [5.41, 5.74) is 0.569. The number of nitrogens with zero attached hydrogens (tertiary/aromatic N) is 2. The van der Waals surface area contributed by atoms with Gasteiger partial charge in [0.25, 0.3) is 5.91 Å². The summed E-state index contributed by atoms with van der Waals surface area (Å²) in [6.07, 6.45) is 3.66. The molecule has 2 aliphatic heterocycles. The molecule has 2 saturated heterocycles. The van der Waals surface area contributed by atoms with Crippen LogP contribution in [0.2, 0.25) is 0 Å². The summed E-state index contributed by atoms with van der Waals surface area (Å²) >= 11 is 0. The van der Waals surface area contributed by atoms with E-state index in [0.717, 1.165) is 31.4 Å². The predicted octanol–water partition coefficient (Wildman–Crippen LogP) is 1.47. The van der Waals surface area contributed by atoms with E-state index in [9.17, 15) is 9.90 Å². The van der Waals surface area contributed by atoms with Gasteiger partial charge in [0.2, 0.25) is 0 Å². The van der Waals surface area contributed by atoms with Gasteiger partial charge in [0.05, 0.1) is 11.7 Å². The quantitative estimate of drug-likeness (QED) is 0.725. The number of β-amino-alcohol motifs (C(OH)–C–C–N with tert-alkyl or cyclic N) is 1. The number of carbonyl (C=O) groups excluding carboxylic acids is 1. The molecule has 2 fully saturated rings. The Hall–Kier alpha value is -1.08. The van der Waals surface area contributed by atoms with Gasteiger partial charge in [0.1, 0.15) is 5.82 Å². The van der Waals surface area contributed by atoms with E-state index in [4.69, 9.17) is 0 Å². The highest BCUT2D eigenvalue weighted by molar-refractivity contribution is 5.94. The van der Waals surface area contributed by atoms with E-state index in [1.54, 1.807) is 6.20 Å². The van der Waals surface area contributed by atoms with Crippen molar-refractivity contribution in [1.82, 2.24) is 15.6 Å². The Morgan fingerprint density at radius 2 is 2.04 bits per heavy atom. The van der Waals surface area contributed by atoms with Crippen molar-refractivity contribution in [1.29, 1.82) is 0 Å². The minimum Gasteiger partial charge on any atom is -0.391 e. The second-order valence-corrected chi connectivity index (χ2v) is 6.77. The van der Waals surface area contributed by atoms with Gasteiger partial charge in [-0.3, -0.25) is 4.79 Å². The van der Waals surface area contributed by atoms with Gasteiger partial charge in [-0.05, 0) is 30.9 Å². The van der Waals surface area contributed by atoms with E-state index in [-0.39, 0.29) is 42.7 Å². The fourth-order valence-corrected chi connectivity index (χ4v) is 3.20. The van der Waals surface area contributed by atoms with Crippen LogP contribution in [0.3, 0.4) is 0 Å². The molecule has 3 N–H and O–H groups in total. The van der Waals surface area contributed by atoms with Crippen LogP contribution in [-0.4, -0.2) is 54.8 Å². The molecule has 3 rings (SSSR count). The predicted molar refractivity (Wildman–Crippen MR) is 104 cm³/mol. The van der Waals surface area contributed by atoms with Crippen LogP contribution in [0.4, 0.5) is 5.82 Å². The normalized spacial score (nSPS) is 23.5. The third-order valence-corrected chi connectivity index (χ3v) is 4.95. The largest absolute Gasteiger partial charge is 0.391 e. The summed E-state index contributed by atoms with van der Waals surface area (Å²) in [4.78, 5) is 18.9. The lowest BCUT2D eigenvalue weighted by molar-refractivity contribution is 0.0926. The zero-order valence-electron chi connectivity index (χ0n) is 14.5. The Morgan fingerprint density at radius 3 is 2.60 bits per heavy atom. The maximum atomic E-state index is 12.2. The van der Waals surface area contributed by atoms with Gasteiger partial charge in [-0.1, -0.05) is 6.92 Å².